The van der Waals surface area contributed by atoms with E-state index in [2.05, 4.69) is 0 Å². The zero-order chi connectivity index (χ0) is 11.2. The Morgan fingerprint density at radius 1 is 1.00 bits per heavy atom. The molecule has 0 aliphatic carbocycles. The lowest BCUT2D eigenvalue weighted by molar-refractivity contribution is 0.0431. The maximum atomic E-state index is 12.6. The molecule has 1 unspecified atom stereocenters. The molecule has 0 aromatic heterocycles. The van der Waals surface area contributed by atoms with Crippen LogP contribution in [0.3, 0.4) is 0 Å². The molecule has 0 aliphatic rings. The number of hydrogen-bond donors (Lipinski definition) is 0. The van der Waals surface area contributed by atoms with Crippen molar-refractivity contribution in [2.45, 2.75) is 25.1 Å². The standard InChI is InChI=1S/C7H15F3O3Si/c1-11-14(12-2,13-3)5-4-6(8)7(9)10/h6-7H,4-5H2,1-3H3. The Labute approximate surface area is 82.5 Å². The van der Waals surface area contributed by atoms with Crippen LogP contribution in [0, 0.1) is 0 Å². The van der Waals surface area contributed by atoms with Crippen LogP contribution in [0.5, 0.6) is 0 Å². The van der Waals surface area contributed by atoms with Gasteiger partial charge < -0.3 is 13.3 Å². The molecule has 0 radical (unpaired) electrons. The molecule has 86 valence electrons. The topological polar surface area (TPSA) is 27.7 Å². The summed E-state index contributed by atoms with van der Waals surface area (Å²) < 4.78 is 51.1. The van der Waals surface area contributed by atoms with E-state index in [9.17, 15) is 13.2 Å². The summed E-state index contributed by atoms with van der Waals surface area (Å²) in [5.41, 5.74) is 0. The largest absolute Gasteiger partial charge is 0.500 e. The van der Waals surface area contributed by atoms with Crippen molar-refractivity contribution in [2.24, 2.45) is 0 Å². The van der Waals surface area contributed by atoms with Crippen LogP contribution >= 0.6 is 0 Å². The highest BCUT2D eigenvalue weighted by Gasteiger charge is 2.39. The first-order valence-corrected chi connectivity index (χ1v) is 6.02. The average molecular weight is 232 g/mol. The predicted octanol–water partition coefficient (Wildman–Crippen LogP) is 1.86. The molecule has 0 bridgehead atoms. The minimum absolute atomic E-state index is 0.0437. The first kappa shape index (κ1) is 13.9. The molecule has 0 rings (SSSR count). The molecule has 0 spiro atoms. The molecule has 3 nitrogen and oxygen atoms in total. The van der Waals surface area contributed by atoms with Crippen LogP contribution < -0.4 is 0 Å². The first-order valence-electron chi connectivity index (χ1n) is 4.09. The second kappa shape index (κ2) is 6.39. The number of hydrogen-bond acceptors (Lipinski definition) is 3. The first-order chi connectivity index (χ1) is 6.51. The molecule has 7 heteroatoms. The second-order valence-corrected chi connectivity index (χ2v) is 5.78. The van der Waals surface area contributed by atoms with Gasteiger partial charge in [0.25, 0.3) is 6.43 Å². The van der Waals surface area contributed by atoms with Gasteiger partial charge in [-0.3, -0.25) is 0 Å². The fourth-order valence-electron chi connectivity index (χ4n) is 0.997. The third kappa shape index (κ3) is 3.95. The van der Waals surface area contributed by atoms with E-state index in [4.69, 9.17) is 13.3 Å². The van der Waals surface area contributed by atoms with Crippen molar-refractivity contribution >= 4 is 8.80 Å². The maximum absolute atomic E-state index is 12.6. The zero-order valence-electron chi connectivity index (χ0n) is 8.43. The molecule has 0 N–H and O–H groups in total. The van der Waals surface area contributed by atoms with E-state index in [1.807, 2.05) is 0 Å². The smallest absolute Gasteiger partial charge is 0.377 e. The summed E-state index contributed by atoms with van der Waals surface area (Å²) in [5.74, 6) is 0. The lowest BCUT2D eigenvalue weighted by Gasteiger charge is -2.24. The quantitative estimate of drug-likeness (QED) is 0.627. The maximum Gasteiger partial charge on any atom is 0.500 e. The Bertz CT molecular complexity index is 147. The van der Waals surface area contributed by atoms with E-state index in [0.717, 1.165) is 0 Å². The van der Waals surface area contributed by atoms with Gasteiger partial charge in [-0.2, -0.15) is 0 Å². The predicted molar refractivity (Wildman–Crippen MR) is 47.1 cm³/mol. The number of alkyl halides is 3. The molecule has 0 aromatic rings. The van der Waals surface area contributed by atoms with Gasteiger partial charge in [-0.05, 0) is 6.42 Å². The van der Waals surface area contributed by atoms with Crippen molar-refractivity contribution < 1.29 is 26.4 Å². The fourth-order valence-corrected chi connectivity index (χ4v) is 2.74. The third-order valence-electron chi connectivity index (χ3n) is 1.93. The minimum atomic E-state index is -2.97. The van der Waals surface area contributed by atoms with Crippen LogP contribution in [-0.4, -0.2) is 42.7 Å². The highest BCUT2D eigenvalue weighted by atomic mass is 28.4. The van der Waals surface area contributed by atoms with Gasteiger partial charge in [-0.1, -0.05) is 0 Å². The van der Waals surface area contributed by atoms with E-state index in [1.165, 1.54) is 21.3 Å². The van der Waals surface area contributed by atoms with Gasteiger partial charge in [0, 0.05) is 27.4 Å². The van der Waals surface area contributed by atoms with Crippen molar-refractivity contribution in [2.75, 3.05) is 21.3 Å². The highest BCUT2D eigenvalue weighted by Crippen LogP contribution is 2.20. The summed E-state index contributed by atoms with van der Waals surface area (Å²) in [7, 11) is 1.17. The molecule has 0 saturated carbocycles. The van der Waals surface area contributed by atoms with Gasteiger partial charge in [0.05, 0.1) is 0 Å². The Hall–Kier alpha value is -0.113. The van der Waals surface area contributed by atoms with E-state index < -0.39 is 21.4 Å². The Balaban J connectivity index is 4.05. The van der Waals surface area contributed by atoms with E-state index >= 15 is 0 Å². The zero-order valence-corrected chi connectivity index (χ0v) is 9.43. The Kier molecular flexibility index (Phi) is 6.33. The van der Waals surface area contributed by atoms with Crippen LogP contribution in [0.2, 0.25) is 6.04 Å². The number of halogens is 3. The van der Waals surface area contributed by atoms with Crippen LogP contribution in [0.25, 0.3) is 0 Å². The van der Waals surface area contributed by atoms with Crippen molar-refractivity contribution in [3.63, 3.8) is 0 Å². The third-order valence-corrected chi connectivity index (χ3v) is 4.70. The molecular formula is C7H15F3O3Si. The second-order valence-electron chi connectivity index (χ2n) is 2.68. The molecular weight excluding hydrogens is 217 g/mol. The van der Waals surface area contributed by atoms with Crippen LogP contribution in [0.1, 0.15) is 6.42 Å². The lowest BCUT2D eigenvalue weighted by Crippen LogP contribution is -2.43. The molecule has 0 heterocycles. The van der Waals surface area contributed by atoms with Gasteiger partial charge >= 0.3 is 8.80 Å². The summed E-state index contributed by atoms with van der Waals surface area (Å²) in [6, 6.07) is 0.0437. The van der Waals surface area contributed by atoms with Crippen LogP contribution in [0.15, 0.2) is 0 Å². The highest BCUT2D eigenvalue weighted by molar-refractivity contribution is 6.60. The van der Waals surface area contributed by atoms with Gasteiger partial charge in [0.15, 0.2) is 6.17 Å². The molecule has 1 atom stereocenters. The van der Waals surface area contributed by atoms with Crippen molar-refractivity contribution in [1.82, 2.24) is 0 Å². The summed E-state index contributed by atoms with van der Waals surface area (Å²) in [6.45, 7) is 0. The molecule has 14 heavy (non-hydrogen) atoms. The molecule has 0 saturated heterocycles. The Morgan fingerprint density at radius 2 is 1.43 bits per heavy atom. The van der Waals surface area contributed by atoms with Gasteiger partial charge in [0.2, 0.25) is 0 Å². The average Bonchev–Trinajstić information content (AvgIpc) is 2.20. The van der Waals surface area contributed by atoms with E-state index in [-0.39, 0.29) is 12.5 Å². The molecule has 0 aliphatic heterocycles. The summed E-state index contributed by atoms with van der Waals surface area (Å²) >= 11 is 0. The SMILES string of the molecule is CO[Si](CCC(F)C(F)F)(OC)OC. The minimum Gasteiger partial charge on any atom is -0.377 e. The molecule has 0 aromatic carbocycles. The summed E-state index contributed by atoms with van der Waals surface area (Å²) in [6.07, 6.45) is -5.44. The van der Waals surface area contributed by atoms with Crippen LogP contribution in [0.4, 0.5) is 13.2 Å². The van der Waals surface area contributed by atoms with Crippen molar-refractivity contribution in [3.05, 3.63) is 0 Å². The van der Waals surface area contributed by atoms with Crippen LogP contribution in [-0.2, 0) is 13.3 Å². The monoisotopic (exact) mass is 232 g/mol. The van der Waals surface area contributed by atoms with E-state index in [1.54, 1.807) is 0 Å². The van der Waals surface area contributed by atoms with Gasteiger partial charge in [-0.15, -0.1) is 0 Å². The van der Waals surface area contributed by atoms with Gasteiger partial charge in [-0.25, -0.2) is 13.2 Å². The van der Waals surface area contributed by atoms with Gasteiger partial charge in [0.1, 0.15) is 0 Å². The number of rotatable bonds is 7. The normalized spacial score (nSPS) is 14.8. The van der Waals surface area contributed by atoms with Crippen molar-refractivity contribution in [3.8, 4) is 0 Å². The van der Waals surface area contributed by atoms with Crippen molar-refractivity contribution in [1.29, 1.82) is 0 Å². The summed E-state index contributed by atoms with van der Waals surface area (Å²) in [4.78, 5) is 0. The molecule has 0 amide bonds. The molecule has 0 fully saturated rings. The van der Waals surface area contributed by atoms with E-state index in [0.29, 0.717) is 0 Å². The summed E-state index contributed by atoms with van der Waals surface area (Å²) in [5, 5.41) is 0. The fraction of sp³-hybridized carbons (Fsp3) is 1.00. The Morgan fingerprint density at radius 3 is 1.71 bits per heavy atom. The lowest BCUT2D eigenvalue weighted by atomic mass is 10.3.